The average molecular weight is 377 g/mol. The van der Waals surface area contributed by atoms with E-state index in [9.17, 15) is 4.39 Å². The third kappa shape index (κ3) is 4.48. The van der Waals surface area contributed by atoms with Crippen LogP contribution >= 0.6 is 35.6 Å². The van der Waals surface area contributed by atoms with Gasteiger partial charge in [0.2, 0.25) is 5.95 Å². The molecule has 124 valence electrons. The molecule has 3 nitrogen and oxygen atoms in total. The lowest BCUT2D eigenvalue weighted by atomic mass is 10.2. The smallest absolute Gasteiger partial charge is 0.236 e. The summed E-state index contributed by atoms with van der Waals surface area (Å²) in [6.45, 7) is 2.24. The molecule has 2 heterocycles. The summed E-state index contributed by atoms with van der Waals surface area (Å²) in [6.07, 6.45) is 2.42. The molecular weight excluding hydrogens is 360 g/mol. The summed E-state index contributed by atoms with van der Waals surface area (Å²) in [5, 5.41) is 4.76. The highest BCUT2D eigenvalue weighted by atomic mass is 35.5. The fourth-order valence-electron chi connectivity index (χ4n) is 2.68. The second kappa shape index (κ2) is 8.15. The molecule has 0 aliphatic carbocycles. The molecule has 1 aromatic heterocycles. The van der Waals surface area contributed by atoms with Gasteiger partial charge < -0.3 is 10.2 Å². The van der Waals surface area contributed by atoms with Crippen LogP contribution in [0.3, 0.4) is 0 Å². The van der Waals surface area contributed by atoms with Crippen molar-refractivity contribution in [3.05, 3.63) is 58.1 Å². The molecule has 0 amide bonds. The lowest BCUT2D eigenvalue weighted by molar-refractivity contribution is 0.548. The molecule has 1 N–H and O–H groups in total. The minimum Gasteiger partial charge on any atom is -0.366 e. The van der Waals surface area contributed by atoms with E-state index in [0.29, 0.717) is 28.3 Å². The molecule has 1 fully saturated rings. The van der Waals surface area contributed by atoms with E-state index in [4.69, 9.17) is 23.2 Å². The highest BCUT2D eigenvalue weighted by molar-refractivity contribution is 6.35. The van der Waals surface area contributed by atoms with Gasteiger partial charge in [0.05, 0.1) is 5.69 Å². The molecule has 7 heteroatoms. The van der Waals surface area contributed by atoms with E-state index in [1.165, 1.54) is 6.20 Å². The largest absolute Gasteiger partial charge is 0.366 e. The second-order valence-electron chi connectivity index (χ2n) is 5.36. The zero-order valence-electron chi connectivity index (χ0n) is 12.3. The number of hydrogen-bond acceptors (Lipinski definition) is 3. The normalized spacial score (nSPS) is 17.2. The van der Waals surface area contributed by atoms with Crippen molar-refractivity contribution in [2.24, 2.45) is 0 Å². The molecule has 1 aliphatic heterocycles. The van der Waals surface area contributed by atoms with Gasteiger partial charge in [0.1, 0.15) is 0 Å². The molecule has 2 aromatic rings. The SMILES string of the molecule is Cl.Fc1ncccc1N1CC[C@H](NCc2ccc(Cl)cc2Cl)C1. The molecule has 1 aliphatic rings. The van der Waals surface area contributed by atoms with Gasteiger partial charge in [-0.05, 0) is 36.2 Å². The van der Waals surface area contributed by atoms with Gasteiger partial charge in [0.15, 0.2) is 0 Å². The highest BCUT2D eigenvalue weighted by Gasteiger charge is 2.24. The first-order chi connectivity index (χ1) is 10.6. The van der Waals surface area contributed by atoms with Crippen LogP contribution in [0.1, 0.15) is 12.0 Å². The van der Waals surface area contributed by atoms with E-state index in [1.807, 2.05) is 17.0 Å². The number of benzene rings is 1. The lowest BCUT2D eigenvalue weighted by Gasteiger charge is -2.19. The Labute approximate surface area is 151 Å². The van der Waals surface area contributed by atoms with Crippen molar-refractivity contribution in [3.8, 4) is 0 Å². The van der Waals surface area contributed by atoms with Crippen LogP contribution in [0.4, 0.5) is 10.1 Å². The maximum absolute atomic E-state index is 13.7. The molecule has 0 unspecified atom stereocenters. The summed E-state index contributed by atoms with van der Waals surface area (Å²) in [5.74, 6) is -0.413. The molecule has 0 saturated carbocycles. The number of nitrogens with zero attached hydrogens (tertiary/aromatic N) is 2. The van der Waals surface area contributed by atoms with Gasteiger partial charge in [-0.2, -0.15) is 4.39 Å². The van der Waals surface area contributed by atoms with Crippen LogP contribution in [0.15, 0.2) is 36.5 Å². The van der Waals surface area contributed by atoms with E-state index in [-0.39, 0.29) is 12.4 Å². The van der Waals surface area contributed by atoms with Crippen LogP contribution in [0.5, 0.6) is 0 Å². The number of aromatic nitrogens is 1. The van der Waals surface area contributed by atoms with E-state index in [1.54, 1.807) is 18.2 Å². The summed E-state index contributed by atoms with van der Waals surface area (Å²) in [5.41, 5.74) is 1.58. The molecule has 0 bridgehead atoms. The third-order valence-corrected chi connectivity index (χ3v) is 4.45. The van der Waals surface area contributed by atoms with Gasteiger partial charge in [0.25, 0.3) is 0 Å². The van der Waals surface area contributed by atoms with Crippen molar-refractivity contribution in [3.63, 3.8) is 0 Å². The van der Waals surface area contributed by atoms with Crippen LogP contribution in [-0.2, 0) is 6.54 Å². The highest BCUT2D eigenvalue weighted by Crippen LogP contribution is 2.24. The number of halogens is 4. The van der Waals surface area contributed by atoms with E-state index in [0.717, 1.165) is 25.1 Å². The molecule has 3 rings (SSSR count). The fraction of sp³-hybridized carbons (Fsp3) is 0.312. The number of hydrogen-bond donors (Lipinski definition) is 1. The summed E-state index contributed by atoms with van der Waals surface area (Å²) >= 11 is 12.1. The molecule has 0 radical (unpaired) electrons. The Bertz CT molecular complexity index is 669. The van der Waals surface area contributed by atoms with Gasteiger partial charge in [-0.15, -0.1) is 12.4 Å². The van der Waals surface area contributed by atoms with Crippen molar-refractivity contribution in [1.29, 1.82) is 0 Å². The van der Waals surface area contributed by atoms with Crippen LogP contribution in [0.2, 0.25) is 10.0 Å². The summed E-state index contributed by atoms with van der Waals surface area (Å²) in [6, 6.07) is 9.31. The zero-order valence-corrected chi connectivity index (χ0v) is 14.6. The topological polar surface area (TPSA) is 28.2 Å². The second-order valence-corrected chi connectivity index (χ2v) is 6.21. The third-order valence-electron chi connectivity index (χ3n) is 3.86. The zero-order chi connectivity index (χ0) is 15.5. The van der Waals surface area contributed by atoms with E-state index in [2.05, 4.69) is 10.3 Å². The minimum atomic E-state index is -0.413. The first kappa shape index (κ1) is 18.3. The maximum atomic E-state index is 13.7. The number of nitrogens with one attached hydrogen (secondary N) is 1. The van der Waals surface area contributed by atoms with Crippen molar-refractivity contribution in [1.82, 2.24) is 10.3 Å². The number of anilines is 1. The van der Waals surface area contributed by atoms with Crippen LogP contribution < -0.4 is 10.2 Å². The molecule has 1 saturated heterocycles. The number of pyridine rings is 1. The van der Waals surface area contributed by atoms with Gasteiger partial charge in [-0.1, -0.05) is 29.3 Å². The average Bonchev–Trinajstić information content (AvgIpc) is 2.95. The molecule has 0 spiro atoms. The van der Waals surface area contributed by atoms with Gasteiger partial charge in [-0.25, -0.2) is 4.98 Å². The standard InChI is InChI=1S/C16H16Cl2FN3.ClH/c17-12-4-3-11(14(18)8-12)9-21-13-5-7-22(10-13)15-2-1-6-20-16(15)19;/h1-4,6,8,13,21H,5,7,9-10H2;1H/t13-;/m0./s1. The first-order valence-corrected chi connectivity index (χ1v) is 7.92. The quantitative estimate of drug-likeness (QED) is 0.806. The van der Waals surface area contributed by atoms with Crippen LogP contribution in [-0.4, -0.2) is 24.1 Å². The Hall–Kier alpha value is -1.07. The van der Waals surface area contributed by atoms with Crippen molar-refractivity contribution >= 4 is 41.3 Å². The summed E-state index contributed by atoms with van der Waals surface area (Å²) < 4.78 is 13.7. The summed E-state index contributed by atoms with van der Waals surface area (Å²) in [4.78, 5) is 5.72. The Morgan fingerprint density at radius 1 is 1.30 bits per heavy atom. The van der Waals surface area contributed by atoms with E-state index < -0.39 is 5.95 Å². The van der Waals surface area contributed by atoms with Crippen molar-refractivity contribution < 1.29 is 4.39 Å². The number of rotatable bonds is 4. The monoisotopic (exact) mass is 375 g/mol. The lowest BCUT2D eigenvalue weighted by Crippen LogP contribution is -2.32. The van der Waals surface area contributed by atoms with Crippen molar-refractivity contribution in [2.45, 2.75) is 19.0 Å². The van der Waals surface area contributed by atoms with Gasteiger partial charge in [0, 0.05) is 41.9 Å². The van der Waals surface area contributed by atoms with Crippen LogP contribution in [0.25, 0.3) is 0 Å². The van der Waals surface area contributed by atoms with Gasteiger partial charge >= 0.3 is 0 Å². The minimum absolute atomic E-state index is 0. The Morgan fingerprint density at radius 3 is 2.87 bits per heavy atom. The Balaban J connectivity index is 0.00000192. The fourth-order valence-corrected chi connectivity index (χ4v) is 3.15. The Morgan fingerprint density at radius 2 is 2.13 bits per heavy atom. The predicted octanol–water partition coefficient (Wildman–Crippen LogP) is 4.32. The van der Waals surface area contributed by atoms with Gasteiger partial charge in [-0.3, -0.25) is 0 Å². The molecule has 1 atom stereocenters. The molecular formula is C16H17Cl3FN3. The predicted molar refractivity (Wildman–Crippen MR) is 95.4 cm³/mol. The van der Waals surface area contributed by atoms with Crippen LogP contribution in [0, 0.1) is 5.95 Å². The van der Waals surface area contributed by atoms with Crippen molar-refractivity contribution in [2.75, 3.05) is 18.0 Å². The first-order valence-electron chi connectivity index (χ1n) is 7.16. The maximum Gasteiger partial charge on any atom is 0.236 e. The molecule has 1 aromatic carbocycles. The van der Waals surface area contributed by atoms with E-state index >= 15 is 0 Å². The summed E-state index contributed by atoms with van der Waals surface area (Å²) in [7, 11) is 0. The molecule has 23 heavy (non-hydrogen) atoms. The Kier molecular flexibility index (Phi) is 6.48.